The fourth-order valence-electron chi connectivity index (χ4n) is 2.26. The van der Waals surface area contributed by atoms with Gasteiger partial charge < -0.3 is 0 Å². The summed E-state index contributed by atoms with van der Waals surface area (Å²) in [5.41, 5.74) is 2.21. The second kappa shape index (κ2) is 5.71. The Balaban J connectivity index is 2.81. The summed E-state index contributed by atoms with van der Waals surface area (Å²) in [7, 11) is 0. The average molecular weight is 335 g/mol. The minimum atomic E-state index is -0.111. The van der Waals surface area contributed by atoms with Crippen molar-refractivity contribution in [3.63, 3.8) is 0 Å². The normalized spacial score (nSPS) is 10.8. The molecule has 0 aliphatic heterocycles. The van der Waals surface area contributed by atoms with Crippen LogP contribution in [0.15, 0.2) is 29.3 Å². The van der Waals surface area contributed by atoms with Crippen LogP contribution in [0, 0.1) is 0 Å². The number of fused-ring (bicyclic) bond motifs is 1. The van der Waals surface area contributed by atoms with Gasteiger partial charge in [0, 0.05) is 16.8 Å². The Morgan fingerprint density at radius 3 is 2.65 bits per heavy atom. The summed E-state index contributed by atoms with van der Waals surface area (Å²) >= 11 is 3.45. The Hall–Kier alpha value is -1.75. The fraction of sp³-hybridized carbons (Fsp3) is 0.267. The van der Waals surface area contributed by atoms with Gasteiger partial charge in [0.05, 0.1) is 12.1 Å². The van der Waals surface area contributed by atoms with E-state index >= 15 is 0 Å². The van der Waals surface area contributed by atoms with Crippen molar-refractivity contribution in [2.24, 2.45) is 0 Å². The largest absolute Gasteiger partial charge is 0.298 e. The molecule has 0 spiro atoms. The van der Waals surface area contributed by atoms with E-state index in [1.54, 1.807) is 10.8 Å². The number of hydrogen-bond donors (Lipinski definition) is 0. The van der Waals surface area contributed by atoms with Gasteiger partial charge in [-0.25, -0.2) is 0 Å². The average Bonchev–Trinajstić information content (AvgIpc) is 2.67. The zero-order chi connectivity index (χ0) is 14.9. The number of ketones is 2. The molecule has 0 saturated carbocycles. The second-order valence-electron chi connectivity index (χ2n) is 4.72. The van der Waals surface area contributed by atoms with E-state index in [9.17, 15) is 9.59 Å². The van der Waals surface area contributed by atoms with Crippen LogP contribution in [-0.4, -0.2) is 21.3 Å². The summed E-state index contributed by atoms with van der Waals surface area (Å²) in [6, 6.07) is 3.83. The maximum Gasteiger partial charge on any atom is 0.180 e. The predicted octanol–water partition coefficient (Wildman–Crippen LogP) is 3.32. The molecule has 0 fully saturated rings. The van der Waals surface area contributed by atoms with Crippen LogP contribution in [-0.2, 0) is 17.8 Å². The van der Waals surface area contributed by atoms with Crippen molar-refractivity contribution in [3.05, 3.63) is 40.5 Å². The van der Waals surface area contributed by atoms with Gasteiger partial charge in [0.15, 0.2) is 11.6 Å². The third kappa shape index (κ3) is 2.72. The maximum atomic E-state index is 11.7. The Labute approximate surface area is 125 Å². The maximum absolute atomic E-state index is 11.7. The van der Waals surface area contributed by atoms with Gasteiger partial charge in [0.25, 0.3) is 0 Å². The van der Waals surface area contributed by atoms with Gasteiger partial charge >= 0.3 is 0 Å². The molecule has 20 heavy (non-hydrogen) atoms. The standard InChI is InChI=1S/C15H15BrN2O2/c1-4-5-11-6-12(16)7-13-14(10(3)20)17-18(15(11)13)8-9(2)19/h4,6-7H,1,5,8H2,2-3H3. The van der Waals surface area contributed by atoms with Crippen molar-refractivity contribution in [3.8, 4) is 0 Å². The van der Waals surface area contributed by atoms with E-state index in [2.05, 4.69) is 27.6 Å². The molecule has 0 atom stereocenters. The van der Waals surface area contributed by atoms with Crippen molar-refractivity contribution in [2.45, 2.75) is 26.8 Å². The number of Topliss-reactive ketones (excluding diaryl/α,β-unsaturated/α-hetero) is 2. The van der Waals surface area contributed by atoms with E-state index in [-0.39, 0.29) is 18.1 Å². The van der Waals surface area contributed by atoms with Crippen molar-refractivity contribution in [1.29, 1.82) is 0 Å². The Morgan fingerprint density at radius 2 is 2.10 bits per heavy atom. The van der Waals surface area contributed by atoms with Crippen LogP contribution in [0.25, 0.3) is 10.9 Å². The molecule has 0 unspecified atom stereocenters. The molecule has 1 aromatic carbocycles. The summed E-state index contributed by atoms with van der Waals surface area (Å²) in [6.07, 6.45) is 2.44. The van der Waals surface area contributed by atoms with E-state index in [0.29, 0.717) is 12.1 Å². The summed E-state index contributed by atoms with van der Waals surface area (Å²) in [4.78, 5) is 23.1. The first kappa shape index (κ1) is 14.7. The number of allylic oxidation sites excluding steroid dienone is 1. The number of halogens is 1. The van der Waals surface area contributed by atoms with Crippen LogP contribution >= 0.6 is 15.9 Å². The van der Waals surface area contributed by atoms with Crippen LogP contribution in [0.4, 0.5) is 0 Å². The van der Waals surface area contributed by atoms with Crippen LogP contribution in [0.5, 0.6) is 0 Å². The lowest BCUT2D eigenvalue weighted by atomic mass is 10.1. The van der Waals surface area contributed by atoms with Gasteiger partial charge in [-0.05, 0) is 31.0 Å². The Morgan fingerprint density at radius 1 is 1.40 bits per heavy atom. The number of carbonyl (C=O) groups is 2. The van der Waals surface area contributed by atoms with Crippen molar-refractivity contribution in [1.82, 2.24) is 9.78 Å². The number of aromatic nitrogens is 2. The Bertz CT molecular complexity index is 716. The van der Waals surface area contributed by atoms with Crippen molar-refractivity contribution >= 4 is 38.4 Å². The molecule has 0 aliphatic carbocycles. The van der Waals surface area contributed by atoms with Gasteiger partial charge in [-0.15, -0.1) is 6.58 Å². The molecule has 2 rings (SSSR count). The van der Waals surface area contributed by atoms with E-state index < -0.39 is 0 Å². The summed E-state index contributed by atoms with van der Waals surface area (Å²) in [6.45, 7) is 6.90. The highest BCUT2D eigenvalue weighted by molar-refractivity contribution is 9.10. The first-order chi connectivity index (χ1) is 9.43. The van der Waals surface area contributed by atoms with E-state index in [0.717, 1.165) is 20.9 Å². The molecule has 0 radical (unpaired) electrons. The van der Waals surface area contributed by atoms with Crippen LogP contribution in [0.1, 0.15) is 29.9 Å². The van der Waals surface area contributed by atoms with Gasteiger partial charge in [0.2, 0.25) is 0 Å². The summed E-state index contributed by atoms with van der Waals surface area (Å²) < 4.78 is 2.49. The van der Waals surface area contributed by atoms with Crippen molar-refractivity contribution < 1.29 is 9.59 Å². The first-order valence-electron chi connectivity index (χ1n) is 6.24. The second-order valence-corrected chi connectivity index (χ2v) is 5.63. The molecular weight excluding hydrogens is 320 g/mol. The van der Waals surface area contributed by atoms with Crippen LogP contribution in [0.3, 0.4) is 0 Å². The van der Waals surface area contributed by atoms with Crippen LogP contribution in [0.2, 0.25) is 0 Å². The van der Waals surface area contributed by atoms with Gasteiger partial charge in [-0.1, -0.05) is 22.0 Å². The minimum Gasteiger partial charge on any atom is -0.298 e. The number of carbonyl (C=O) groups excluding carboxylic acids is 2. The molecule has 1 heterocycles. The number of benzene rings is 1. The van der Waals surface area contributed by atoms with Gasteiger partial charge in [0.1, 0.15) is 5.69 Å². The highest BCUT2D eigenvalue weighted by Crippen LogP contribution is 2.28. The molecule has 5 heteroatoms. The topological polar surface area (TPSA) is 52.0 Å². The van der Waals surface area contributed by atoms with E-state index in [1.807, 2.05) is 12.1 Å². The molecule has 1 aromatic heterocycles. The Kier molecular flexibility index (Phi) is 4.18. The van der Waals surface area contributed by atoms with Crippen molar-refractivity contribution in [2.75, 3.05) is 0 Å². The van der Waals surface area contributed by atoms with E-state index in [1.165, 1.54) is 13.8 Å². The smallest absolute Gasteiger partial charge is 0.180 e. The monoisotopic (exact) mass is 334 g/mol. The molecule has 0 bridgehead atoms. The lowest BCUT2D eigenvalue weighted by Gasteiger charge is -2.06. The molecule has 0 amide bonds. The lowest BCUT2D eigenvalue weighted by molar-refractivity contribution is -0.117. The van der Waals surface area contributed by atoms with Crippen LogP contribution < -0.4 is 0 Å². The van der Waals surface area contributed by atoms with Gasteiger partial charge in [-0.2, -0.15) is 5.10 Å². The highest BCUT2D eigenvalue weighted by atomic mass is 79.9. The first-order valence-corrected chi connectivity index (χ1v) is 7.03. The molecule has 0 aliphatic rings. The number of rotatable bonds is 5. The molecule has 0 saturated heterocycles. The predicted molar refractivity (Wildman–Crippen MR) is 82.0 cm³/mol. The summed E-state index contributed by atoms with van der Waals surface area (Å²) in [5.74, 6) is -0.114. The zero-order valence-electron chi connectivity index (χ0n) is 11.4. The molecule has 4 nitrogen and oxygen atoms in total. The molecule has 0 N–H and O–H groups in total. The zero-order valence-corrected chi connectivity index (χ0v) is 13.0. The van der Waals surface area contributed by atoms with E-state index in [4.69, 9.17) is 0 Å². The highest BCUT2D eigenvalue weighted by Gasteiger charge is 2.18. The lowest BCUT2D eigenvalue weighted by Crippen LogP contribution is -2.09. The molecular formula is C15H15BrN2O2. The third-order valence-corrected chi connectivity index (χ3v) is 3.42. The number of hydrogen-bond acceptors (Lipinski definition) is 3. The SMILES string of the molecule is C=CCc1cc(Br)cc2c(C(C)=O)nn(CC(C)=O)c12. The summed E-state index contributed by atoms with van der Waals surface area (Å²) in [5, 5.41) is 5.07. The number of nitrogens with zero attached hydrogens (tertiary/aromatic N) is 2. The van der Waals surface area contributed by atoms with Gasteiger partial charge in [-0.3, -0.25) is 14.3 Å². The molecule has 104 valence electrons. The quantitative estimate of drug-likeness (QED) is 0.622. The minimum absolute atomic E-state index is 0.00280. The fourth-order valence-corrected chi connectivity index (χ4v) is 2.77. The molecule has 2 aromatic rings. The third-order valence-electron chi connectivity index (χ3n) is 2.96.